The van der Waals surface area contributed by atoms with E-state index in [9.17, 15) is 9.59 Å². The Bertz CT molecular complexity index is 1390. The van der Waals surface area contributed by atoms with Crippen molar-refractivity contribution in [3.63, 3.8) is 0 Å². The summed E-state index contributed by atoms with van der Waals surface area (Å²) in [7, 11) is 1.65. The summed E-state index contributed by atoms with van der Waals surface area (Å²) in [4.78, 5) is 33.2. The van der Waals surface area contributed by atoms with Gasteiger partial charge in [0, 0.05) is 80.3 Å². The molecule has 1 atom stereocenters. The number of aldehydes is 1. The first-order valence-corrected chi connectivity index (χ1v) is 14.5. The van der Waals surface area contributed by atoms with Crippen molar-refractivity contribution >= 4 is 28.8 Å². The molecule has 1 aromatic carbocycles. The van der Waals surface area contributed by atoms with Gasteiger partial charge in [-0.15, -0.1) is 5.10 Å². The molecule has 42 heavy (non-hydrogen) atoms. The summed E-state index contributed by atoms with van der Waals surface area (Å²) < 4.78 is 17.9. The van der Waals surface area contributed by atoms with Gasteiger partial charge in [-0.1, -0.05) is 13.8 Å². The fourth-order valence-electron chi connectivity index (χ4n) is 5.59. The van der Waals surface area contributed by atoms with Crippen LogP contribution in [-0.2, 0) is 20.7 Å². The summed E-state index contributed by atoms with van der Waals surface area (Å²) in [5.74, 6) is 1.50. The smallest absolute Gasteiger partial charge is 0.286 e. The third-order valence-electron chi connectivity index (χ3n) is 8.56. The highest BCUT2D eigenvalue weighted by atomic mass is 16.5. The number of rotatable bonds is 10. The van der Waals surface area contributed by atoms with E-state index >= 15 is 0 Å². The van der Waals surface area contributed by atoms with Crippen LogP contribution in [0.4, 0.5) is 5.82 Å². The minimum Gasteiger partial charge on any atom is -0.493 e. The molecule has 11 nitrogen and oxygen atoms in total. The maximum Gasteiger partial charge on any atom is 0.286 e. The van der Waals surface area contributed by atoms with Crippen molar-refractivity contribution in [3.05, 3.63) is 47.9 Å². The van der Waals surface area contributed by atoms with Crippen LogP contribution in [0.25, 0.3) is 10.8 Å². The predicted molar refractivity (Wildman–Crippen MR) is 159 cm³/mol. The molecule has 5 rings (SSSR count). The van der Waals surface area contributed by atoms with Gasteiger partial charge in [0.1, 0.15) is 0 Å². The van der Waals surface area contributed by atoms with Crippen LogP contribution in [0.2, 0.25) is 0 Å². The molecule has 3 aromatic rings. The molecule has 0 radical (unpaired) electrons. The van der Waals surface area contributed by atoms with E-state index in [1.165, 1.54) is 0 Å². The number of carbonyl (C=O) groups is 2. The predicted octanol–water partition coefficient (Wildman–Crippen LogP) is 2.60. The first kappa shape index (κ1) is 29.7. The SMILES string of the molecule is COc1cc2c(Cc3ccncc3)nnc(N3CCN(C(=O)C=O)CC3)c2cc1OCC(C)(C)C(C)N1CCOCC1. The maximum absolute atomic E-state index is 11.9. The number of hydrogen-bond donors (Lipinski definition) is 0. The Balaban J connectivity index is 1.47. The zero-order valence-electron chi connectivity index (χ0n) is 24.9. The Labute approximate surface area is 246 Å². The maximum atomic E-state index is 11.9. The number of carbonyl (C=O) groups excluding carboxylic acids is 2. The number of nitrogens with zero attached hydrogens (tertiary/aromatic N) is 6. The van der Waals surface area contributed by atoms with Crippen LogP contribution in [0.5, 0.6) is 11.5 Å². The first-order chi connectivity index (χ1) is 20.3. The molecule has 1 unspecified atom stereocenters. The van der Waals surface area contributed by atoms with Gasteiger partial charge in [0.25, 0.3) is 5.91 Å². The van der Waals surface area contributed by atoms with Gasteiger partial charge < -0.3 is 24.0 Å². The quantitative estimate of drug-likeness (QED) is 0.264. The number of fused-ring (bicyclic) bond motifs is 1. The molecule has 0 spiro atoms. The second-order valence-corrected chi connectivity index (χ2v) is 11.6. The molecular formula is C31H40N6O5. The summed E-state index contributed by atoms with van der Waals surface area (Å²) in [6.07, 6.45) is 4.49. The van der Waals surface area contributed by atoms with E-state index in [0.717, 1.165) is 54.2 Å². The summed E-state index contributed by atoms with van der Waals surface area (Å²) in [6, 6.07) is 8.23. The number of anilines is 1. The molecule has 2 aliphatic heterocycles. The average Bonchev–Trinajstić information content (AvgIpc) is 3.03. The van der Waals surface area contributed by atoms with Crippen molar-refractivity contribution in [1.29, 1.82) is 0 Å². The third kappa shape index (κ3) is 6.47. The largest absolute Gasteiger partial charge is 0.493 e. The number of methoxy groups -OCH3 is 1. The first-order valence-electron chi connectivity index (χ1n) is 14.5. The van der Waals surface area contributed by atoms with E-state index in [-0.39, 0.29) is 5.41 Å². The van der Waals surface area contributed by atoms with Crippen LogP contribution in [-0.4, -0.2) is 109 Å². The number of pyridine rings is 1. The molecule has 2 saturated heterocycles. The lowest BCUT2D eigenvalue weighted by molar-refractivity contribution is -0.139. The number of hydrogen-bond acceptors (Lipinski definition) is 10. The lowest BCUT2D eigenvalue weighted by Crippen LogP contribution is -2.50. The van der Waals surface area contributed by atoms with E-state index in [1.807, 2.05) is 24.3 Å². The topological polar surface area (TPSA) is 110 Å². The zero-order valence-corrected chi connectivity index (χ0v) is 24.9. The monoisotopic (exact) mass is 576 g/mol. The standard InChI is InChI=1S/C31H40N6O5/c1-22(35-13-15-41-16-14-35)31(2,3)21-42-28-19-25-24(18-27(28)40-4)26(17-23-5-7-32-8-6-23)33-34-30(25)37-11-9-36(10-12-37)29(39)20-38/h5-8,18-20,22H,9-17,21H2,1-4H3. The van der Waals surface area contributed by atoms with Gasteiger partial charge in [-0.05, 0) is 36.8 Å². The molecule has 0 aliphatic carbocycles. The van der Waals surface area contributed by atoms with Crippen molar-refractivity contribution in [2.45, 2.75) is 33.2 Å². The Kier molecular flexibility index (Phi) is 9.18. The zero-order chi connectivity index (χ0) is 29.7. The number of benzene rings is 1. The highest BCUT2D eigenvalue weighted by Gasteiger charge is 2.33. The second kappa shape index (κ2) is 13.0. The molecule has 0 bridgehead atoms. The van der Waals surface area contributed by atoms with Gasteiger partial charge in [-0.25, -0.2) is 0 Å². The molecule has 224 valence electrons. The fourth-order valence-corrected chi connectivity index (χ4v) is 5.59. The van der Waals surface area contributed by atoms with E-state index in [1.54, 1.807) is 24.4 Å². The Morgan fingerprint density at radius 1 is 1.02 bits per heavy atom. The number of ether oxygens (including phenoxy) is 3. The van der Waals surface area contributed by atoms with Gasteiger partial charge in [0.05, 0.1) is 32.6 Å². The minimum atomic E-state index is -0.493. The number of morpholine rings is 1. The van der Waals surface area contributed by atoms with Crippen molar-refractivity contribution in [2.24, 2.45) is 5.41 Å². The Hall–Kier alpha value is -3.83. The van der Waals surface area contributed by atoms with Crippen LogP contribution >= 0.6 is 0 Å². The number of aromatic nitrogens is 3. The van der Waals surface area contributed by atoms with E-state index in [0.29, 0.717) is 63.0 Å². The van der Waals surface area contributed by atoms with Crippen molar-refractivity contribution in [1.82, 2.24) is 25.0 Å². The van der Waals surface area contributed by atoms with Gasteiger partial charge in [0.15, 0.2) is 17.3 Å². The Morgan fingerprint density at radius 2 is 1.71 bits per heavy atom. The van der Waals surface area contributed by atoms with Gasteiger partial charge in [-0.3, -0.25) is 19.5 Å². The van der Waals surface area contributed by atoms with Crippen LogP contribution in [0.15, 0.2) is 36.7 Å². The summed E-state index contributed by atoms with van der Waals surface area (Å²) in [5.41, 5.74) is 1.76. The molecular weight excluding hydrogens is 536 g/mol. The lowest BCUT2D eigenvalue weighted by atomic mass is 9.85. The van der Waals surface area contributed by atoms with Gasteiger partial charge in [-0.2, -0.15) is 5.10 Å². The van der Waals surface area contributed by atoms with E-state index in [2.05, 4.69) is 45.8 Å². The summed E-state index contributed by atoms with van der Waals surface area (Å²) in [6.45, 7) is 12.5. The summed E-state index contributed by atoms with van der Waals surface area (Å²) in [5, 5.41) is 11.2. The van der Waals surface area contributed by atoms with Crippen LogP contribution in [0.3, 0.4) is 0 Å². The number of amides is 1. The van der Waals surface area contributed by atoms with E-state index in [4.69, 9.17) is 14.2 Å². The summed E-state index contributed by atoms with van der Waals surface area (Å²) >= 11 is 0. The Morgan fingerprint density at radius 3 is 2.38 bits per heavy atom. The third-order valence-corrected chi connectivity index (χ3v) is 8.56. The second-order valence-electron chi connectivity index (χ2n) is 11.6. The fraction of sp³-hybridized carbons (Fsp3) is 0.516. The minimum absolute atomic E-state index is 0.134. The van der Waals surface area contributed by atoms with Crippen LogP contribution < -0.4 is 14.4 Å². The van der Waals surface area contributed by atoms with Crippen molar-refractivity contribution in [2.75, 3.05) is 71.1 Å². The molecule has 2 aliphatic rings. The molecule has 4 heterocycles. The van der Waals surface area contributed by atoms with Crippen LogP contribution in [0.1, 0.15) is 32.0 Å². The van der Waals surface area contributed by atoms with Crippen molar-refractivity contribution in [3.8, 4) is 11.5 Å². The molecule has 2 fully saturated rings. The van der Waals surface area contributed by atoms with Gasteiger partial charge in [0.2, 0.25) is 6.29 Å². The molecule has 11 heteroatoms. The number of piperazine rings is 1. The lowest BCUT2D eigenvalue weighted by Gasteiger charge is -2.41. The normalized spacial score (nSPS) is 17.2. The van der Waals surface area contributed by atoms with Gasteiger partial charge >= 0.3 is 0 Å². The molecule has 1 amide bonds. The van der Waals surface area contributed by atoms with Crippen molar-refractivity contribution < 1.29 is 23.8 Å². The molecule has 0 N–H and O–H groups in total. The molecule has 2 aromatic heterocycles. The highest BCUT2D eigenvalue weighted by Crippen LogP contribution is 2.39. The van der Waals surface area contributed by atoms with Crippen LogP contribution in [0, 0.1) is 5.41 Å². The average molecular weight is 577 g/mol. The highest BCUT2D eigenvalue weighted by molar-refractivity contribution is 6.23. The van der Waals surface area contributed by atoms with E-state index < -0.39 is 5.91 Å². The molecule has 0 saturated carbocycles.